The van der Waals surface area contributed by atoms with Gasteiger partial charge in [0.05, 0.1) is 5.97 Å². The zero-order chi connectivity index (χ0) is 9.97. The van der Waals surface area contributed by atoms with E-state index in [1.165, 1.54) is 0 Å². The van der Waals surface area contributed by atoms with Crippen LogP contribution in [0.2, 0.25) is 0 Å². The molecule has 1 aliphatic rings. The lowest BCUT2D eigenvalue weighted by Gasteiger charge is -2.21. The summed E-state index contributed by atoms with van der Waals surface area (Å²) in [7, 11) is 0. The third kappa shape index (κ3) is 1.58. The van der Waals surface area contributed by atoms with Crippen molar-refractivity contribution in [3.05, 3.63) is 29.8 Å². The highest BCUT2D eigenvalue weighted by molar-refractivity contribution is 5.93. The molecule has 0 saturated carbocycles. The molecule has 74 valence electrons. The van der Waals surface area contributed by atoms with Crippen LogP contribution in [0.15, 0.2) is 24.3 Å². The lowest BCUT2D eigenvalue weighted by Crippen LogP contribution is -2.27. The molecule has 2 rings (SSSR count). The number of carbonyl (C=O) groups excluding carboxylic acids is 1. The number of aromatic carboxylic acids is 1. The summed E-state index contributed by atoms with van der Waals surface area (Å²) in [6, 6.07) is 7.03. The zero-order valence-corrected chi connectivity index (χ0v) is 7.90. The summed E-state index contributed by atoms with van der Waals surface area (Å²) >= 11 is 0. The standard InChI is InChI=1S/C11H13NO2/c13-11(14)9-5-1-2-6-10(9)12-7-3-4-8-12/h1-2,5-6H,3-4,7-8H2,(H,13,14)/p-1. The largest absolute Gasteiger partial charge is 0.545 e. The predicted molar refractivity (Wildman–Crippen MR) is 52.2 cm³/mol. The fourth-order valence-corrected chi connectivity index (χ4v) is 1.88. The van der Waals surface area contributed by atoms with Crippen molar-refractivity contribution in [2.45, 2.75) is 12.8 Å². The Balaban J connectivity index is 2.35. The first-order valence-electron chi connectivity index (χ1n) is 4.84. The van der Waals surface area contributed by atoms with E-state index in [2.05, 4.69) is 4.90 Å². The Hall–Kier alpha value is -1.51. The molecule has 1 saturated heterocycles. The van der Waals surface area contributed by atoms with Crippen molar-refractivity contribution in [1.82, 2.24) is 0 Å². The highest BCUT2D eigenvalue weighted by Crippen LogP contribution is 2.23. The van der Waals surface area contributed by atoms with Crippen molar-refractivity contribution in [3.63, 3.8) is 0 Å². The zero-order valence-electron chi connectivity index (χ0n) is 7.90. The van der Waals surface area contributed by atoms with Crippen LogP contribution in [0.3, 0.4) is 0 Å². The second-order valence-electron chi connectivity index (χ2n) is 3.50. The van der Waals surface area contributed by atoms with Crippen molar-refractivity contribution in [3.8, 4) is 0 Å². The first-order chi connectivity index (χ1) is 6.79. The van der Waals surface area contributed by atoms with Gasteiger partial charge in [-0.15, -0.1) is 0 Å². The van der Waals surface area contributed by atoms with Gasteiger partial charge in [-0.25, -0.2) is 0 Å². The maximum Gasteiger partial charge on any atom is 0.0736 e. The summed E-state index contributed by atoms with van der Waals surface area (Å²) in [4.78, 5) is 12.9. The van der Waals surface area contributed by atoms with E-state index in [9.17, 15) is 9.90 Å². The molecule has 0 spiro atoms. The van der Waals surface area contributed by atoms with Crippen molar-refractivity contribution in [2.24, 2.45) is 0 Å². The van der Waals surface area contributed by atoms with Gasteiger partial charge in [0.1, 0.15) is 0 Å². The molecule has 1 aromatic rings. The lowest BCUT2D eigenvalue weighted by atomic mass is 10.1. The van der Waals surface area contributed by atoms with Gasteiger partial charge in [0.2, 0.25) is 0 Å². The van der Waals surface area contributed by atoms with Crippen LogP contribution < -0.4 is 10.0 Å². The Labute approximate surface area is 83.0 Å². The Morgan fingerprint density at radius 1 is 1.21 bits per heavy atom. The summed E-state index contributed by atoms with van der Waals surface area (Å²) in [5.41, 5.74) is 1.10. The van der Waals surface area contributed by atoms with Crippen molar-refractivity contribution in [2.75, 3.05) is 18.0 Å². The van der Waals surface area contributed by atoms with Crippen molar-refractivity contribution in [1.29, 1.82) is 0 Å². The Morgan fingerprint density at radius 2 is 1.86 bits per heavy atom. The van der Waals surface area contributed by atoms with Crippen LogP contribution in [0, 0.1) is 0 Å². The summed E-state index contributed by atoms with van der Waals surface area (Å²) in [5, 5.41) is 10.8. The second-order valence-corrected chi connectivity index (χ2v) is 3.50. The lowest BCUT2D eigenvalue weighted by molar-refractivity contribution is -0.254. The highest BCUT2D eigenvalue weighted by atomic mass is 16.4. The number of hydrogen-bond donors (Lipinski definition) is 0. The predicted octanol–water partition coefficient (Wildman–Crippen LogP) is 0.650. The Bertz CT molecular complexity index is 343. The van der Waals surface area contributed by atoms with Crippen molar-refractivity contribution >= 4 is 11.7 Å². The fraction of sp³-hybridized carbons (Fsp3) is 0.364. The topological polar surface area (TPSA) is 43.4 Å². The minimum atomic E-state index is -1.09. The number of anilines is 1. The van der Waals surface area contributed by atoms with Crippen LogP contribution in [0.5, 0.6) is 0 Å². The molecule has 3 nitrogen and oxygen atoms in total. The van der Waals surface area contributed by atoms with Gasteiger partial charge < -0.3 is 14.8 Å². The van der Waals surface area contributed by atoms with E-state index in [1.807, 2.05) is 12.1 Å². The van der Waals surface area contributed by atoms with E-state index in [4.69, 9.17) is 0 Å². The molecule has 0 atom stereocenters. The molecule has 0 unspecified atom stereocenters. The number of carboxylic acid groups (broad SMARTS) is 1. The van der Waals surface area contributed by atoms with E-state index in [0.717, 1.165) is 31.6 Å². The molecule has 0 N–H and O–H groups in total. The van der Waals surface area contributed by atoms with Gasteiger partial charge in [0.25, 0.3) is 0 Å². The van der Waals surface area contributed by atoms with E-state index in [1.54, 1.807) is 12.1 Å². The maximum absolute atomic E-state index is 10.8. The average Bonchev–Trinajstić information content (AvgIpc) is 2.70. The van der Waals surface area contributed by atoms with Gasteiger partial charge in [-0.2, -0.15) is 0 Å². The smallest absolute Gasteiger partial charge is 0.0736 e. The van der Waals surface area contributed by atoms with E-state index < -0.39 is 5.97 Å². The first-order valence-corrected chi connectivity index (χ1v) is 4.84. The molecule has 1 heterocycles. The van der Waals surface area contributed by atoms with Gasteiger partial charge in [-0.05, 0) is 18.9 Å². The normalized spacial score (nSPS) is 15.9. The SMILES string of the molecule is O=C([O-])c1ccccc1N1CCCC1. The van der Waals surface area contributed by atoms with Gasteiger partial charge in [-0.3, -0.25) is 0 Å². The number of rotatable bonds is 2. The molecule has 3 heteroatoms. The molecule has 1 fully saturated rings. The molecule has 0 aromatic heterocycles. The number of benzene rings is 1. The molecule has 0 aliphatic carbocycles. The molecule has 1 aliphatic heterocycles. The second kappa shape index (κ2) is 3.70. The van der Waals surface area contributed by atoms with Crippen LogP contribution in [0.1, 0.15) is 23.2 Å². The highest BCUT2D eigenvalue weighted by Gasteiger charge is 2.15. The third-order valence-electron chi connectivity index (χ3n) is 2.57. The molecule has 0 amide bonds. The summed E-state index contributed by atoms with van der Waals surface area (Å²) in [6.07, 6.45) is 2.28. The Kier molecular flexibility index (Phi) is 2.39. The molecule has 0 radical (unpaired) electrons. The molecule has 14 heavy (non-hydrogen) atoms. The summed E-state index contributed by atoms with van der Waals surface area (Å²) in [6.45, 7) is 1.90. The van der Waals surface area contributed by atoms with Crippen LogP contribution in [-0.4, -0.2) is 19.1 Å². The van der Waals surface area contributed by atoms with Gasteiger partial charge >= 0.3 is 0 Å². The van der Waals surface area contributed by atoms with Crippen LogP contribution in [-0.2, 0) is 0 Å². The molecular formula is C11H12NO2-. The molecule has 1 aromatic carbocycles. The van der Waals surface area contributed by atoms with E-state index in [0.29, 0.717) is 5.56 Å². The monoisotopic (exact) mass is 190 g/mol. The third-order valence-corrected chi connectivity index (χ3v) is 2.57. The molecular weight excluding hydrogens is 178 g/mol. The van der Waals surface area contributed by atoms with Gasteiger partial charge in [0, 0.05) is 24.3 Å². The average molecular weight is 190 g/mol. The summed E-state index contributed by atoms with van der Waals surface area (Å²) < 4.78 is 0. The minimum Gasteiger partial charge on any atom is -0.545 e. The number of nitrogens with zero attached hydrogens (tertiary/aromatic N) is 1. The maximum atomic E-state index is 10.8. The van der Waals surface area contributed by atoms with E-state index in [-0.39, 0.29) is 0 Å². The summed E-state index contributed by atoms with van der Waals surface area (Å²) in [5.74, 6) is -1.09. The van der Waals surface area contributed by atoms with Crippen LogP contribution >= 0.6 is 0 Å². The van der Waals surface area contributed by atoms with Gasteiger partial charge in [0.15, 0.2) is 0 Å². The van der Waals surface area contributed by atoms with Crippen LogP contribution in [0.4, 0.5) is 5.69 Å². The van der Waals surface area contributed by atoms with Gasteiger partial charge in [-0.1, -0.05) is 18.2 Å². The number of carboxylic acids is 1. The van der Waals surface area contributed by atoms with Crippen LogP contribution in [0.25, 0.3) is 0 Å². The number of para-hydroxylation sites is 1. The van der Waals surface area contributed by atoms with Crippen molar-refractivity contribution < 1.29 is 9.90 Å². The quantitative estimate of drug-likeness (QED) is 0.687. The minimum absolute atomic E-state index is 0.300. The number of hydrogen-bond acceptors (Lipinski definition) is 3. The Morgan fingerprint density at radius 3 is 2.50 bits per heavy atom. The first kappa shape index (κ1) is 9.06. The number of carbonyl (C=O) groups is 1. The molecule has 0 bridgehead atoms. The van der Waals surface area contributed by atoms with E-state index >= 15 is 0 Å². The fourth-order valence-electron chi connectivity index (χ4n) is 1.88.